The van der Waals surface area contributed by atoms with Crippen LogP contribution in [0.15, 0.2) is 12.4 Å². The molecule has 1 unspecified atom stereocenters. The summed E-state index contributed by atoms with van der Waals surface area (Å²) in [5, 5.41) is 4.99. The van der Waals surface area contributed by atoms with Crippen molar-refractivity contribution in [1.29, 1.82) is 0 Å². The molecule has 0 aliphatic carbocycles. The Bertz CT molecular complexity index is 433. The topological polar surface area (TPSA) is 33.5 Å². The Hall–Kier alpha value is -0.620. The minimum absolute atomic E-state index is 0.683. The predicted molar refractivity (Wildman–Crippen MR) is 83.7 cm³/mol. The van der Waals surface area contributed by atoms with E-state index in [2.05, 4.69) is 14.9 Å². The van der Waals surface area contributed by atoms with Gasteiger partial charge in [0.1, 0.15) is 0 Å². The average Bonchev–Trinajstić information content (AvgIpc) is 2.93. The molecule has 2 fully saturated rings. The number of halogens is 1. The first-order chi connectivity index (χ1) is 10.3. The summed E-state index contributed by atoms with van der Waals surface area (Å²) in [4.78, 5) is 5.19. The van der Waals surface area contributed by atoms with E-state index >= 15 is 0 Å². The van der Waals surface area contributed by atoms with Gasteiger partial charge in [0.25, 0.3) is 0 Å². The molecule has 0 amide bonds. The van der Waals surface area contributed by atoms with Crippen LogP contribution in [0.3, 0.4) is 0 Å². The molecule has 0 aromatic carbocycles. The quantitative estimate of drug-likeness (QED) is 0.829. The second-order valence-electron chi connectivity index (χ2n) is 6.02. The van der Waals surface area contributed by atoms with Gasteiger partial charge < -0.3 is 4.74 Å². The van der Waals surface area contributed by atoms with Crippen molar-refractivity contribution in [2.24, 2.45) is 0 Å². The van der Waals surface area contributed by atoms with Crippen molar-refractivity contribution in [3.8, 4) is 0 Å². The summed E-state index contributed by atoms with van der Waals surface area (Å²) in [7, 11) is 0. The van der Waals surface area contributed by atoms with E-state index < -0.39 is 0 Å². The highest BCUT2D eigenvalue weighted by Gasteiger charge is 2.25. The Kier molecular flexibility index (Phi) is 5.52. The van der Waals surface area contributed by atoms with Crippen molar-refractivity contribution in [1.82, 2.24) is 19.6 Å². The molecule has 2 aliphatic rings. The number of morpholine rings is 1. The maximum atomic E-state index is 5.92. The minimum Gasteiger partial charge on any atom is -0.379 e. The maximum Gasteiger partial charge on any atom is 0.0785 e. The second kappa shape index (κ2) is 7.58. The molecule has 3 heterocycles. The van der Waals surface area contributed by atoms with Crippen LogP contribution in [-0.4, -0.2) is 71.6 Å². The average molecular weight is 313 g/mol. The van der Waals surface area contributed by atoms with Gasteiger partial charge in [0, 0.05) is 38.4 Å². The number of ether oxygens (including phenoxy) is 1. The molecular formula is C15H25ClN4O. The Balaban J connectivity index is 1.51. The fourth-order valence-corrected chi connectivity index (χ4v) is 3.49. The lowest BCUT2D eigenvalue weighted by molar-refractivity contribution is 0.0161. The largest absolute Gasteiger partial charge is 0.379 e. The SMILES string of the molecule is Clc1cnn(CCN2CCCCC2CN2CCOCC2)c1. The van der Waals surface area contributed by atoms with Crippen LogP contribution in [0.25, 0.3) is 0 Å². The molecule has 5 nitrogen and oxygen atoms in total. The third kappa shape index (κ3) is 4.42. The smallest absolute Gasteiger partial charge is 0.0785 e. The van der Waals surface area contributed by atoms with E-state index in [1.165, 1.54) is 32.4 Å². The molecule has 0 spiro atoms. The number of rotatable bonds is 5. The zero-order valence-electron chi connectivity index (χ0n) is 12.6. The third-order valence-electron chi connectivity index (χ3n) is 4.54. The van der Waals surface area contributed by atoms with Crippen LogP contribution in [0, 0.1) is 0 Å². The number of hydrogen-bond acceptors (Lipinski definition) is 4. The van der Waals surface area contributed by atoms with E-state index in [-0.39, 0.29) is 0 Å². The van der Waals surface area contributed by atoms with Gasteiger partial charge in [0.15, 0.2) is 0 Å². The van der Waals surface area contributed by atoms with Crippen molar-refractivity contribution in [2.45, 2.75) is 31.8 Å². The Morgan fingerprint density at radius 1 is 1.19 bits per heavy atom. The number of piperidine rings is 1. The maximum absolute atomic E-state index is 5.92. The van der Waals surface area contributed by atoms with Gasteiger partial charge in [0.05, 0.1) is 31.0 Å². The van der Waals surface area contributed by atoms with Crippen molar-refractivity contribution >= 4 is 11.6 Å². The summed E-state index contributed by atoms with van der Waals surface area (Å²) in [6.45, 7) is 8.32. The first kappa shape index (κ1) is 15.3. The highest BCUT2D eigenvalue weighted by Crippen LogP contribution is 2.18. The molecule has 3 rings (SSSR count). The fraction of sp³-hybridized carbons (Fsp3) is 0.800. The van der Waals surface area contributed by atoms with E-state index in [0.717, 1.165) is 44.4 Å². The molecule has 0 saturated carbocycles. The van der Waals surface area contributed by atoms with Gasteiger partial charge in [-0.1, -0.05) is 18.0 Å². The normalized spacial score (nSPS) is 25.3. The highest BCUT2D eigenvalue weighted by molar-refractivity contribution is 6.30. The van der Waals surface area contributed by atoms with Crippen molar-refractivity contribution in [2.75, 3.05) is 45.9 Å². The van der Waals surface area contributed by atoms with Crippen molar-refractivity contribution < 1.29 is 4.74 Å². The Morgan fingerprint density at radius 2 is 2.05 bits per heavy atom. The first-order valence-electron chi connectivity index (χ1n) is 8.03. The summed E-state index contributed by atoms with van der Waals surface area (Å²) in [5.74, 6) is 0. The molecule has 118 valence electrons. The van der Waals surface area contributed by atoms with Gasteiger partial charge in [-0.2, -0.15) is 5.10 Å². The van der Waals surface area contributed by atoms with E-state index in [4.69, 9.17) is 16.3 Å². The van der Waals surface area contributed by atoms with Crippen LogP contribution in [0.1, 0.15) is 19.3 Å². The van der Waals surface area contributed by atoms with Gasteiger partial charge >= 0.3 is 0 Å². The van der Waals surface area contributed by atoms with Crippen LogP contribution in [-0.2, 0) is 11.3 Å². The highest BCUT2D eigenvalue weighted by atomic mass is 35.5. The molecule has 2 aliphatic heterocycles. The lowest BCUT2D eigenvalue weighted by Gasteiger charge is -2.39. The molecule has 2 saturated heterocycles. The van der Waals surface area contributed by atoms with Gasteiger partial charge in [0.2, 0.25) is 0 Å². The van der Waals surface area contributed by atoms with Crippen molar-refractivity contribution in [3.05, 3.63) is 17.4 Å². The monoisotopic (exact) mass is 312 g/mol. The molecule has 1 atom stereocenters. The zero-order chi connectivity index (χ0) is 14.5. The molecule has 1 aromatic heterocycles. The number of nitrogens with zero attached hydrogens (tertiary/aromatic N) is 4. The Labute approximate surface area is 131 Å². The van der Waals surface area contributed by atoms with E-state index in [1.54, 1.807) is 6.20 Å². The molecule has 1 aromatic rings. The summed E-state index contributed by atoms with van der Waals surface area (Å²) < 4.78 is 7.39. The van der Waals surface area contributed by atoms with Gasteiger partial charge in [-0.25, -0.2) is 0 Å². The summed E-state index contributed by atoms with van der Waals surface area (Å²) in [6, 6.07) is 0.683. The second-order valence-corrected chi connectivity index (χ2v) is 6.46. The number of aromatic nitrogens is 2. The van der Waals surface area contributed by atoms with Crippen LogP contribution in [0.2, 0.25) is 5.02 Å². The predicted octanol–water partition coefficient (Wildman–Crippen LogP) is 1.72. The molecule has 0 radical (unpaired) electrons. The number of hydrogen-bond donors (Lipinski definition) is 0. The molecule has 21 heavy (non-hydrogen) atoms. The summed E-state index contributed by atoms with van der Waals surface area (Å²) >= 11 is 5.92. The fourth-order valence-electron chi connectivity index (χ4n) is 3.33. The summed E-state index contributed by atoms with van der Waals surface area (Å²) in [6.07, 6.45) is 7.61. The van der Waals surface area contributed by atoms with E-state index in [0.29, 0.717) is 6.04 Å². The standard InChI is InChI=1S/C15H25ClN4O/c16-14-11-17-20(12-14)6-5-19-4-2-1-3-15(19)13-18-7-9-21-10-8-18/h11-12,15H,1-10,13H2. The van der Waals surface area contributed by atoms with Gasteiger partial charge in [-0.3, -0.25) is 14.5 Å². The van der Waals surface area contributed by atoms with E-state index in [1.807, 2.05) is 10.9 Å². The van der Waals surface area contributed by atoms with Gasteiger partial charge in [-0.05, 0) is 19.4 Å². The molecule has 0 bridgehead atoms. The first-order valence-corrected chi connectivity index (χ1v) is 8.41. The molecule has 0 N–H and O–H groups in total. The lowest BCUT2D eigenvalue weighted by Crippen LogP contribution is -2.50. The van der Waals surface area contributed by atoms with Crippen LogP contribution in [0.4, 0.5) is 0 Å². The van der Waals surface area contributed by atoms with Gasteiger partial charge in [-0.15, -0.1) is 0 Å². The third-order valence-corrected chi connectivity index (χ3v) is 4.73. The van der Waals surface area contributed by atoms with Crippen LogP contribution >= 0.6 is 11.6 Å². The summed E-state index contributed by atoms with van der Waals surface area (Å²) in [5.41, 5.74) is 0. The molecular weight excluding hydrogens is 288 g/mol. The zero-order valence-corrected chi connectivity index (χ0v) is 13.3. The Morgan fingerprint density at radius 3 is 2.81 bits per heavy atom. The van der Waals surface area contributed by atoms with Crippen LogP contribution in [0.5, 0.6) is 0 Å². The lowest BCUT2D eigenvalue weighted by atomic mass is 10.0. The van der Waals surface area contributed by atoms with Crippen LogP contribution < -0.4 is 0 Å². The van der Waals surface area contributed by atoms with E-state index in [9.17, 15) is 0 Å². The van der Waals surface area contributed by atoms with Crippen molar-refractivity contribution in [3.63, 3.8) is 0 Å². The molecule has 6 heteroatoms. The number of likely N-dealkylation sites (tertiary alicyclic amines) is 1. The minimum atomic E-state index is 0.683.